The minimum absolute atomic E-state index is 0.0462. The van der Waals surface area contributed by atoms with Crippen molar-refractivity contribution in [1.82, 2.24) is 4.31 Å². The van der Waals surface area contributed by atoms with Gasteiger partial charge >= 0.3 is 0 Å². The first-order valence-corrected chi connectivity index (χ1v) is 11.7. The van der Waals surface area contributed by atoms with Gasteiger partial charge in [-0.05, 0) is 55.3 Å². The van der Waals surface area contributed by atoms with Crippen molar-refractivity contribution in [3.8, 4) is 0 Å². The summed E-state index contributed by atoms with van der Waals surface area (Å²) in [5, 5.41) is 5.13. The van der Waals surface area contributed by atoms with E-state index in [0.29, 0.717) is 30.8 Å². The molecule has 1 fully saturated rings. The second-order valence-electron chi connectivity index (χ2n) is 7.96. The van der Waals surface area contributed by atoms with Gasteiger partial charge in [0.25, 0.3) is 0 Å². The Morgan fingerprint density at radius 1 is 0.967 bits per heavy atom. The Morgan fingerprint density at radius 3 is 2.43 bits per heavy atom. The number of hydrogen-bond donors (Lipinski definition) is 1. The molecule has 156 valence electrons. The number of nitrogens with zero attached hydrogens (tertiary/aromatic N) is 1. The number of anilines is 1. The van der Waals surface area contributed by atoms with Crippen LogP contribution in [0.4, 0.5) is 5.69 Å². The summed E-state index contributed by atoms with van der Waals surface area (Å²) >= 11 is 0. The third-order valence-corrected chi connectivity index (χ3v) is 7.87. The fourth-order valence-corrected chi connectivity index (χ4v) is 5.83. The monoisotopic (exact) mass is 422 g/mol. The van der Waals surface area contributed by atoms with Gasteiger partial charge in [0.15, 0.2) is 0 Å². The minimum Gasteiger partial charge on any atom is -0.325 e. The van der Waals surface area contributed by atoms with Crippen LogP contribution in [0.25, 0.3) is 10.8 Å². The molecule has 1 heterocycles. The van der Waals surface area contributed by atoms with Crippen LogP contribution in [-0.4, -0.2) is 31.7 Å². The minimum atomic E-state index is -3.55. The van der Waals surface area contributed by atoms with Gasteiger partial charge in [-0.25, -0.2) is 8.42 Å². The normalized spacial score (nSPS) is 15.9. The lowest BCUT2D eigenvalue weighted by molar-refractivity contribution is -0.120. The van der Waals surface area contributed by atoms with E-state index in [1.807, 2.05) is 68.4 Å². The van der Waals surface area contributed by atoms with Crippen LogP contribution in [0.1, 0.15) is 24.0 Å². The molecule has 3 aromatic carbocycles. The summed E-state index contributed by atoms with van der Waals surface area (Å²) in [5.41, 5.74) is 2.46. The molecule has 0 radical (unpaired) electrons. The van der Waals surface area contributed by atoms with Crippen molar-refractivity contribution < 1.29 is 13.2 Å². The van der Waals surface area contributed by atoms with Crippen molar-refractivity contribution in [2.75, 3.05) is 18.4 Å². The van der Waals surface area contributed by atoms with Crippen LogP contribution in [0.15, 0.2) is 65.6 Å². The van der Waals surface area contributed by atoms with Gasteiger partial charge in [0.2, 0.25) is 15.9 Å². The first-order valence-electron chi connectivity index (χ1n) is 10.2. The van der Waals surface area contributed by atoms with E-state index in [2.05, 4.69) is 5.32 Å². The highest BCUT2D eigenvalue weighted by Crippen LogP contribution is 2.28. The largest absolute Gasteiger partial charge is 0.325 e. The van der Waals surface area contributed by atoms with Gasteiger partial charge < -0.3 is 5.32 Å². The van der Waals surface area contributed by atoms with Gasteiger partial charge in [0.05, 0.1) is 4.90 Å². The number of benzene rings is 3. The summed E-state index contributed by atoms with van der Waals surface area (Å²) in [7, 11) is -3.55. The highest BCUT2D eigenvalue weighted by molar-refractivity contribution is 7.89. The van der Waals surface area contributed by atoms with E-state index < -0.39 is 10.0 Å². The number of fused-ring (bicyclic) bond motifs is 1. The van der Waals surface area contributed by atoms with Crippen molar-refractivity contribution in [2.24, 2.45) is 5.92 Å². The number of amides is 1. The van der Waals surface area contributed by atoms with E-state index in [0.717, 1.165) is 27.6 Å². The molecule has 0 bridgehead atoms. The molecule has 5 nitrogen and oxygen atoms in total. The SMILES string of the molecule is Cc1ccc(C)c(S(=O)(=O)N2CCC(C(=O)Nc3cccc4ccccc34)CC2)c1. The number of carbonyl (C=O) groups is 1. The lowest BCUT2D eigenvalue weighted by atomic mass is 9.97. The molecule has 1 aliphatic heterocycles. The van der Waals surface area contributed by atoms with Crippen molar-refractivity contribution in [1.29, 1.82) is 0 Å². The van der Waals surface area contributed by atoms with E-state index >= 15 is 0 Å². The number of rotatable bonds is 4. The van der Waals surface area contributed by atoms with Gasteiger partial charge in [-0.1, -0.05) is 48.5 Å². The molecule has 0 unspecified atom stereocenters. The third-order valence-electron chi connectivity index (χ3n) is 5.83. The summed E-state index contributed by atoms with van der Waals surface area (Å²) in [4.78, 5) is 13.2. The molecule has 1 N–H and O–H groups in total. The summed E-state index contributed by atoms with van der Waals surface area (Å²) in [6.45, 7) is 4.41. The second-order valence-corrected chi connectivity index (χ2v) is 9.87. The van der Waals surface area contributed by atoms with Gasteiger partial charge in [0.1, 0.15) is 0 Å². The average Bonchev–Trinajstić information content (AvgIpc) is 2.75. The molecule has 4 rings (SSSR count). The van der Waals surface area contributed by atoms with Crippen LogP contribution >= 0.6 is 0 Å². The molecule has 1 amide bonds. The average molecular weight is 423 g/mol. The van der Waals surface area contributed by atoms with Crippen molar-refractivity contribution in [2.45, 2.75) is 31.6 Å². The van der Waals surface area contributed by atoms with Crippen molar-refractivity contribution in [3.05, 3.63) is 71.8 Å². The van der Waals surface area contributed by atoms with E-state index in [9.17, 15) is 13.2 Å². The smallest absolute Gasteiger partial charge is 0.243 e. The first kappa shape index (κ1) is 20.6. The van der Waals surface area contributed by atoms with Crippen LogP contribution in [0.3, 0.4) is 0 Å². The van der Waals surface area contributed by atoms with Crippen LogP contribution in [0.5, 0.6) is 0 Å². The zero-order valence-electron chi connectivity index (χ0n) is 17.3. The standard InChI is InChI=1S/C24H26N2O3S/c1-17-10-11-18(2)23(16-17)30(28,29)26-14-12-20(13-15-26)24(27)25-22-9-5-7-19-6-3-4-8-21(19)22/h3-11,16,20H,12-15H2,1-2H3,(H,25,27). The van der Waals surface area contributed by atoms with E-state index in [-0.39, 0.29) is 11.8 Å². The number of sulfonamides is 1. The molecule has 0 spiro atoms. The first-order chi connectivity index (χ1) is 14.4. The fraction of sp³-hybridized carbons (Fsp3) is 0.292. The van der Waals surface area contributed by atoms with Crippen molar-refractivity contribution >= 4 is 32.4 Å². The molecule has 0 aliphatic carbocycles. The number of nitrogens with one attached hydrogen (secondary N) is 1. The Labute approximate surface area is 177 Å². The molecule has 0 saturated carbocycles. The number of aryl methyl sites for hydroxylation is 2. The third kappa shape index (κ3) is 3.98. The Kier molecular flexibility index (Phi) is 5.62. The molecule has 30 heavy (non-hydrogen) atoms. The Morgan fingerprint density at radius 2 is 1.67 bits per heavy atom. The predicted octanol–water partition coefficient (Wildman–Crippen LogP) is 4.50. The molecule has 1 aliphatic rings. The highest BCUT2D eigenvalue weighted by Gasteiger charge is 2.33. The van der Waals surface area contributed by atoms with E-state index in [1.54, 1.807) is 6.07 Å². The number of piperidine rings is 1. The topological polar surface area (TPSA) is 66.5 Å². The lowest BCUT2D eigenvalue weighted by Crippen LogP contribution is -2.41. The summed E-state index contributed by atoms with van der Waals surface area (Å²) in [6, 6.07) is 19.3. The summed E-state index contributed by atoms with van der Waals surface area (Å²) in [5.74, 6) is -0.246. The number of carbonyl (C=O) groups excluding carboxylic acids is 1. The van der Waals surface area contributed by atoms with Crippen molar-refractivity contribution in [3.63, 3.8) is 0 Å². The van der Waals surface area contributed by atoms with Crippen LogP contribution in [0, 0.1) is 19.8 Å². The van der Waals surface area contributed by atoms with E-state index in [4.69, 9.17) is 0 Å². The predicted molar refractivity (Wildman–Crippen MR) is 120 cm³/mol. The maximum Gasteiger partial charge on any atom is 0.243 e. The molecule has 0 aromatic heterocycles. The maximum atomic E-state index is 13.1. The van der Waals surface area contributed by atoms with Gasteiger partial charge in [-0.2, -0.15) is 4.31 Å². The molecular formula is C24H26N2O3S. The van der Waals surface area contributed by atoms with Crippen LogP contribution in [0.2, 0.25) is 0 Å². The molecular weight excluding hydrogens is 396 g/mol. The Hall–Kier alpha value is -2.70. The molecule has 6 heteroatoms. The van der Waals surface area contributed by atoms with Gasteiger partial charge in [-0.3, -0.25) is 4.79 Å². The van der Waals surface area contributed by atoms with Crippen LogP contribution in [-0.2, 0) is 14.8 Å². The summed E-state index contributed by atoms with van der Waals surface area (Å²) < 4.78 is 27.7. The Balaban J connectivity index is 1.45. The maximum absolute atomic E-state index is 13.1. The zero-order chi connectivity index (χ0) is 21.3. The fourth-order valence-electron chi connectivity index (χ4n) is 4.05. The molecule has 1 saturated heterocycles. The van der Waals surface area contributed by atoms with Gasteiger partial charge in [-0.15, -0.1) is 0 Å². The lowest BCUT2D eigenvalue weighted by Gasteiger charge is -2.31. The molecule has 0 atom stereocenters. The van der Waals surface area contributed by atoms with E-state index in [1.165, 1.54) is 4.31 Å². The quantitative estimate of drug-likeness (QED) is 0.673. The summed E-state index contributed by atoms with van der Waals surface area (Å²) in [6.07, 6.45) is 1.03. The van der Waals surface area contributed by atoms with Gasteiger partial charge in [0, 0.05) is 30.1 Å². The Bertz CT molecular complexity index is 1190. The highest BCUT2D eigenvalue weighted by atomic mass is 32.2. The molecule has 3 aromatic rings. The second kappa shape index (κ2) is 8.20. The van der Waals surface area contributed by atoms with Crippen LogP contribution < -0.4 is 5.32 Å². The zero-order valence-corrected chi connectivity index (χ0v) is 18.1. The number of hydrogen-bond acceptors (Lipinski definition) is 3.